The highest BCUT2D eigenvalue weighted by Gasteiger charge is 2.34. The zero-order valence-electron chi connectivity index (χ0n) is 12.3. The molecule has 0 aliphatic carbocycles. The Bertz CT molecular complexity index is 934. The fraction of sp³-hybridized carbons (Fsp3) is 0.133. The van der Waals surface area contributed by atoms with E-state index >= 15 is 0 Å². The number of carbonyl (C=O) groups is 1. The number of hydrogen-bond acceptors (Lipinski definition) is 4. The third-order valence-corrected chi connectivity index (χ3v) is 3.28. The van der Waals surface area contributed by atoms with E-state index in [4.69, 9.17) is 0 Å². The number of imidazole rings is 1. The maximum Gasteiger partial charge on any atom is 0.420 e. The number of aromatic amines is 1. The number of aryl methyl sites for hydroxylation is 1. The van der Waals surface area contributed by atoms with Crippen LogP contribution in [-0.4, -0.2) is 26.0 Å². The van der Waals surface area contributed by atoms with Crippen LogP contribution >= 0.6 is 0 Å². The molecular formula is C15H11F3N4O2. The Hall–Kier alpha value is -3.10. The average molecular weight is 336 g/mol. The fourth-order valence-electron chi connectivity index (χ4n) is 2.19. The molecule has 0 saturated heterocycles. The topological polar surface area (TPSA) is 90.9 Å². The Labute approximate surface area is 133 Å². The molecule has 0 aliphatic rings. The highest BCUT2D eigenvalue weighted by Crippen LogP contribution is 2.37. The third-order valence-electron chi connectivity index (χ3n) is 3.28. The molecule has 0 fully saturated rings. The van der Waals surface area contributed by atoms with Gasteiger partial charge in [0.05, 0.1) is 16.6 Å². The fourth-order valence-corrected chi connectivity index (χ4v) is 2.19. The molecule has 24 heavy (non-hydrogen) atoms. The molecule has 0 aliphatic heterocycles. The number of hydrogen-bond donors (Lipinski definition) is 3. The number of aromatic nitrogens is 3. The zero-order chi connectivity index (χ0) is 17.5. The van der Waals surface area contributed by atoms with Crippen molar-refractivity contribution < 1.29 is 23.1 Å². The van der Waals surface area contributed by atoms with Crippen LogP contribution in [0.4, 0.5) is 18.9 Å². The molecule has 2 aromatic heterocycles. The number of benzene rings is 1. The molecular weight excluding hydrogens is 325 g/mol. The lowest BCUT2D eigenvalue weighted by Gasteiger charge is -2.11. The number of nitrogens with zero attached hydrogens (tertiary/aromatic N) is 2. The number of carbonyl (C=O) groups excluding carboxylic acids is 1. The standard InChI is InChI=1S/C15H11F3N4O2/c1-7-20-11-4-8(6-19-13(11)21-7)14(24)22-9-2-3-12(23)10(5-9)15(16,17)18/h2-6,23H,1H3,(H,22,24)(H,19,20,21). The molecule has 3 N–H and O–H groups in total. The van der Waals surface area contributed by atoms with Crippen molar-refractivity contribution in [1.82, 2.24) is 15.0 Å². The predicted octanol–water partition coefficient (Wildman–Crippen LogP) is 3.24. The summed E-state index contributed by atoms with van der Waals surface area (Å²) >= 11 is 0. The summed E-state index contributed by atoms with van der Waals surface area (Å²) in [5, 5.41) is 11.6. The maximum atomic E-state index is 12.8. The lowest BCUT2D eigenvalue weighted by molar-refractivity contribution is -0.138. The van der Waals surface area contributed by atoms with Crippen LogP contribution < -0.4 is 5.32 Å². The van der Waals surface area contributed by atoms with Crippen molar-refractivity contribution in [1.29, 1.82) is 0 Å². The zero-order valence-corrected chi connectivity index (χ0v) is 12.3. The Kier molecular flexibility index (Phi) is 3.63. The number of anilines is 1. The number of amides is 1. The highest BCUT2D eigenvalue weighted by molar-refractivity contribution is 6.05. The van der Waals surface area contributed by atoms with E-state index < -0.39 is 23.4 Å². The molecule has 1 aromatic carbocycles. The second-order valence-corrected chi connectivity index (χ2v) is 5.10. The largest absolute Gasteiger partial charge is 0.507 e. The molecule has 124 valence electrons. The van der Waals surface area contributed by atoms with Crippen LogP contribution in [0.25, 0.3) is 11.2 Å². The summed E-state index contributed by atoms with van der Waals surface area (Å²) in [6.07, 6.45) is -3.44. The molecule has 0 radical (unpaired) electrons. The van der Waals surface area contributed by atoms with E-state index in [9.17, 15) is 23.1 Å². The minimum absolute atomic E-state index is 0.0917. The van der Waals surface area contributed by atoms with E-state index in [0.29, 0.717) is 23.1 Å². The number of H-pyrrole nitrogens is 1. The van der Waals surface area contributed by atoms with Gasteiger partial charge < -0.3 is 15.4 Å². The van der Waals surface area contributed by atoms with Crippen molar-refractivity contribution in [2.75, 3.05) is 5.32 Å². The van der Waals surface area contributed by atoms with Gasteiger partial charge in [-0.2, -0.15) is 13.2 Å². The van der Waals surface area contributed by atoms with Gasteiger partial charge in [0.1, 0.15) is 11.6 Å². The molecule has 2 heterocycles. The summed E-state index contributed by atoms with van der Waals surface area (Å²) in [4.78, 5) is 23.2. The van der Waals surface area contributed by atoms with Crippen molar-refractivity contribution in [3.63, 3.8) is 0 Å². The minimum Gasteiger partial charge on any atom is -0.507 e. The summed E-state index contributed by atoms with van der Waals surface area (Å²) < 4.78 is 38.3. The van der Waals surface area contributed by atoms with E-state index in [-0.39, 0.29) is 11.3 Å². The van der Waals surface area contributed by atoms with Gasteiger partial charge in [-0.25, -0.2) is 9.97 Å². The van der Waals surface area contributed by atoms with Crippen LogP contribution in [0.2, 0.25) is 0 Å². The molecule has 0 atom stereocenters. The molecule has 0 bridgehead atoms. The van der Waals surface area contributed by atoms with Gasteiger partial charge >= 0.3 is 6.18 Å². The van der Waals surface area contributed by atoms with Crippen LogP contribution in [0.15, 0.2) is 30.5 Å². The molecule has 0 unspecified atom stereocenters. The van der Waals surface area contributed by atoms with Gasteiger partial charge in [0, 0.05) is 11.9 Å². The molecule has 3 aromatic rings. The number of pyridine rings is 1. The molecule has 9 heteroatoms. The van der Waals surface area contributed by atoms with Gasteiger partial charge in [-0.3, -0.25) is 4.79 Å². The van der Waals surface area contributed by atoms with Crippen LogP contribution in [0.1, 0.15) is 21.7 Å². The first kappa shape index (κ1) is 15.8. The Balaban J connectivity index is 1.88. The van der Waals surface area contributed by atoms with Gasteiger partial charge in [-0.15, -0.1) is 0 Å². The van der Waals surface area contributed by atoms with Crippen LogP contribution in [0.3, 0.4) is 0 Å². The number of nitrogens with one attached hydrogen (secondary N) is 2. The predicted molar refractivity (Wildman–Crippen MR) is 79.7 cm³/mol. The lowest BCUT2D eigenvalue weighted by atomic mass is 10.1. The number of alkyl halides is 3. The van der Waals surface area contributed by atoms with E-state index in [0.717, 1.165) is 6.07 Å². The number of rotatable bonds is 2. The first-order valence-corrected chi connectivity index (χ1v) is 6.78. The number of phenolic OH excluding ortho intramolecular Hbond substituents is 1. The summed E-state index contributed by atoms with van der Waals surface area (Å²) in [6.45, 7) is 1.73. The van der Waals surface area contributed by atoms with Crippen LogP contribution in [-0.2, 0) is 6.18 Å². The van der Waals surface area contributed by atoms with Crippen molar-refractivity contribution in [2.24, 2.45) is 0 Å². The van der Waals surface area contributed by atoms with Crippen LogP contribution in [0.5, 0.6) is 5.75 Å². The van der Waals surface area contributed by atoms with Gasteiger partial charge in [0.2, 0.25) is 0 Å². The Morgan fingerprint density at radius 3 is 2.75 bits per heavy atom. The highest BCUT2D eigenvalue weighted by atomic mass is 19.4. The number of fused-ring (bicyclic) bond motifs is 1. The third kappa shape index (κ3) is 3.00. The summed E-state index contributed by atoms with van der Waals surface area (Å²) in [7, 11) is 0. The summed E-state index contributed by atoms with van der Waals surface area (Å²) in [6, 6.07) is 4.22. The SMILES string of the molecule is Cc1nc2ncc(C(=O)Nc3ccc(O)c(C(F)(F)F)c3)cc2[nH]1. The Morgan fingerprint density at radius 2 is 2.04 bits per heavy atom. The molecule has 3 rings (SSSR count). The van der Waals surface area contributed by atoms with Crippen molar-refractivity contribution in [3.8, 4) is 5.75 Å². The van der Waals surface area contributed by atoms with Crippen molar-refractivity contribution in [2.45, 2.75) is 13.1 Å². The molecule has 1 amide bonds. The smallest absolute Gasteiger partial charge is 0.420 e. The van der Waals surface area contributed by atoms with E-state index in [2.05, 4.69) is 20.3 Å². The quantitative estimate of drug-likeness (QED) is 0.627. The average Bonchev–Trinajstić information content (AvgIpc) is 2.87. The normalized spacial score (nSPS) is 11.7. The number of halogens is 3. The van der Waals surface area contributed by atoms with Gasteiger partial charge in [0.15, 0.2) is 5.65 Å². The summed E-state index contributed by atoms with van der Waals surface area (Å²) in [5.41, 5.74) is -0.174. The number of aromatic hydroxyl groups is 1. The van der Waals surface area contributed by atoms with Crippen molar-refractivity contribution >= 4 is 22.8 Å². The van der Waals surface area contributed by atoms with E-state index in [1.165, 1.54) is 18.3 Å². The lowest BCUT2D eigenvalue weighted by Crippen LogP contribution is -2.13. The first-order valence-electron chi connectivity index (χ1n) is 6.78. The minimum atomic E-state index is -4.72. The molecule has 6 nitrogen and oxygen atoms in total. The molecule has 0 saturated carbocycles. The van der Waals surface area contributed by atoms with E-state index in [1.54, 1.807) is 6.92 Å². The van der Waals surface area contributed by atoms with Crippen LogP contribution in [0, 0.1) is 6.92 Å². The van der Waals surface area contributed by atoms with Crippen molar-refractivity contribution in [3.05, 3.63) is 47.4 Å². The maximum absolute atomic E-state index is 12.8. The second kappa shape index (κ2) is 5.52. The van der Waals surface area contributed by atoms with Gasteiger partial charge in [-0.05, 0) is 31.2 Å². The van der Waals surface area contributed by atoms with Gasteiger partial charge in [0.25, 0.3) is 5.91 Å². The van der Waals surface area contributed by atoms with Gasteiger partial charge in [-0.1, -0.05) is 0 Å². The second-order valence-electron chi connectivity index (χ2n) is 5.10. The Morgan fingerprint density at radius 1 is 1.29 bits per heavy atom. The molecule has 0 spiro atoms. The van der Waals surface area contributed by atoms with E-state index in [1.807, 2.05) is 0 Å². The summed E-state index contributed by atoms with van der Waals surface area (Å²) in [5.74, 6) is -0.907. The first-order chi connectivity index (χ1) is 11.2. The monoisotopic (exact) mass is 336 g/mol. The number of phenols is 1.